The molecule has 37 heavy (non-hydrogen) atoms. The van der Waals surface area contributed by atoms with Crippen molar-refractivity contribution < 1.29 is 27.1 Å². The molecule has 0 saturated heterocycles. The molecule has 0 bridgehead atoms. The van der Waals surface area contributed by atoms with E-state index in [2.05, 4.69) is 15.3 Å². The van der Waals surface area contributed by atoms with Crippen LogP contribution in [0.15, 0.2) is 28.4 Å². The molecule has 200 valence electrons. The van der Waals surface area contributed by atoms with Crippen molar-refractivity contribution in [2.75, 3.05) is 20.0 Å². The number of carbonyl (C=O) groups is 1. The molecular weight excluding hydrogens is 523 g/mol. The predicted molar refractivity (Wildman–Crippen MR) is 138 cm³/mol. The minimum atomic E-state index is -3.28. The molecule has 2 heterocycles. The highest BCUT2D eigenvalue weighted by atomic mass is 32.2. The van der Waals surface area contributed by atoms with Gasteiger partial charge in [-0.2, -0.15) is 0 Å². The van der Waals surface area contributed by atoms with E-state index >= 15 is 0 Å². The van der Waals surface area contributed by atoms with Gasteiger partial charge in [-0.25, -0.2) is 17.8 Å². The highest BCUT2D eigenvalue weighted by Gasteiger charge is 2.33. The molecule has 10 nitrogen and oxygen atoms in total. The van der Waals surface area contributed by atoms with Crippen molar-refractivity contribution in [3.63, 3.8) is 0 Å². The molecule has 1 aromatic carbocycles. The zero-order chi connectivity index (χ0) is 26.7. The highest BCUT2D eigenvalue weighted by Crippen LogP contribution is 2.34. The van der Waals surface area contributed by atoms with Crippen LogP contribution in [0, 0.1) is 17.7 Å². The molecule has 0 spiro atoms. The molecule has 1 amide bonds. The summed E-state index contributed by atoms with van der Waals surface area (Å²) in [5.41, 5.74) is 6.73. The third kappa shape index (κ3) is 6.35. The molecule has 1 fully saturated rings. The third-order valence-corrected chi connectivity index (χ3v) is 8.85. The molecule has 4 rings (SSSR count). The van der Waals surface area contributed by atoms with E-state index in [-0.39, 0.29) is 36.6 Å². The van der Waals surface area contributed by atoms with Crippen LogP contribution in [0.2, 0.25) is 0 Å². The maximum Gasteiger partial charge on any atom is 0.287 e. The van der Waals surface area contributed by atoms with E-state index in [0.717, 1.165) is 19.1 Å². The van der Waals surface area contributed by atoms with Crippen molar-refractivity contribution >= 4 is 37.3 Å². The SMILES string of the molecule is COc1cc(CNC(=O)c2nc3scc(COCC4CCC(C(N)S(C)(=O)=O)C4)c3c(=O)[nH]2)ccc1F. The summed E-state index contributed by atoms with van der Waals surface area (Å²) in [6.45, 7) is 0.726. The number of rotatable bonds is 10. The van der Waals surface area contributed by atoms with Crippen molar-refractivity contribution in [1.82, 2.24) is 15.3 Å². The van der Waals surface area contributed by atoms with Gasteiger partial charge in [-0.05, 0) is 54.2 Å². The number of nitrogens with zero attached hydrogens (tertiary/aromatic N) is 1. The van der Waals surface area contributed by atoms with Crippen LogP contribution in [-0.2, 0) is 27.7 Å². The van der Waals surface area contributed by atoms with Gasteiger partial charge in [0.25, 0.3) is 11.5 Å². The number of fused-ring (bicyclic) bond motifs is 1. The molecular formula is C24H29FN4O6S2. The molecule has 3 unspecified atom stereocenters. The molecule has 4 N–H and O–H groups in total. The molecule has 1 saturated carbocycles. The third-order valence-electron chi connectivity index (χ3n) is 6.56. The van der Waals surface area contributed by atoms with E-state index in [1.807, 2.05) is 0 Å². The Morgan fingerprint density at radius 2 is 2.16 bits per heavy atom. The number of aromatic amines is 1. The number of benzene rings is 1. The van der Waals surface area contributed by atoms with E-state index < -0.39 is 32.5 Å². The first-order chi connectivity index (χ1) is 17.6. The highest BCUT2D eigenvalue weighted by molar-refractivity contribution is 7.91. The van der Waals surface area contributed by atoms with Crippen LogP contribution >= 0.6 is 11.3 Å². The number of carbonyl (C=O) groups excluding carboxylic acids is 1. The molecule has 0 radical (unpaired) electrons. The van der Waals surface area contributed by atoms with Crippen LogP contribution < -0.4 is 21.3 Å². The fraction of sp³-hybridized carbons (Fsp3) is 0.458. The summed E-state index contributed by atoms with van der Waals surface area (Å²) in [6, 6.07) is 4.25. The molecule has 2 aromatic heterocycles. The lowest BCUT2D eigenvalue weighted by Gasteiger charge is -2.17. The molecule has 1 aliphatic carbocycles. The topological polar surface area (TPSA) is 153 Å². The van der Waals surface area contributed by atoms with Crippen molar-refractivity contribution in [1.29, 1.82) is 0 Å². The second kappa shape index (κ2) is 11.3. The van der Waals surface area contributed by atoms with Crippen molar-refractivity contribution in [3.8, 4) is 5.75 Å². The first-order valence-electron chi connectivity index (χ1n) is 11.7. The summed E-state index contributed by atoms with van der Waals surface area (Å²) < 4.78 is 47.8. The van der Waals surface area contributed by atoms with Gasteiger partial charge in [0.15, 0.2) is 21.4 Å². The fourth-order valence-corrected chi connectivity index (χ4v) is 6.42. The number of H-pyrrole nitrogens is 1. The Hall–Kier alpha value is -2.87. The van der Waals surface area contributed by atoms with E-state index in [9.17, 15) is 22.4 Å². The van der Waals surface area contributed by atoms with Crippen molar-refractivity contribution in [2.24, 2.45) is 17.6 Å². The van der Waals surface area contributed by atoms with Crippen molar-refractivity contribution in [3.05, 3.63) is 56.7 Å². The van der Waals surface area contributed by atoms with Gasteiger partial charge in [-0.1, -0.05) is 6.07 Å². The number of sulfone groups is 1. The number of hydrogen-bond donors (Lipinski definition) is 3. The van der Waals surface area contributed by atoms with Crippen LogP contribution in [0.1, 0.15) is 41.0 Å². The van der Waals surface area contributed by atoms with Crippen LogP contribution in [-0.4, -0.2) is 49.6 Å². The first-order valence-corrected chi connectivity index (χ1v) is 14.5. The van der Waals surface area contributed by atoms with Gasteiger partial charge in [0, 0.05) is 25.0 Å². The van der Waals surface area contributed by atoms with Crippen LogP contribution in [0.25, 0.3) is 10.2 Å². The molecule has 13 heteroatoms. The van der Waals surface area contributed by atoms with Gasteiger partial charge >= 0.3 is 0 Å². The zero-order valence-corrected chi connectivity index (χ0v) is 22.1. The smallest absolute Gasteiger partial charge is 0.287 e. The Balaban J connectivity index is 1.35. The number of halogens is 1. The Kier molecular flexibility index (Phi) is 8.26. The van der Waals surface area contributed by atoms with Gasteiger partial charge in [-0.3, -0.25) is 9.59 Å². The standard InChI is InChI=1S/C24H29FN4O6S2/c1-34-18-8-13(4-6-17(18)25)9-27-23(31)21-28-22(30)19-16(12-36-24(19)29-21)11-35-10-14-3-5-15(7-14)20(26)37(2,32)33/h4,6,8,12,14-15,20H,3,5,7,9-11,26H2,1-2H3,(H,27,31)(H,28,29,30). The number of methoxy groups -OCH3 is 1. The quantitative estimate of drug-likeness (QED) is 0.346. The van der Waals surface area contributed by atoms with Crippen molar-refractivity contribution in [2.45, 2.75) is 37.8 Å². The monoisotopic (exact) mass is 552 g/mol. The van der Waals surface area contributed by atoms with Crippen LogP contribution in [0.5, 0.6) is 5.75 Å². The molecule has 0 aliphatic heterocycles. The van der Waals surface area contributed by atoms with Gasteiger partial charge in [0.2, 0.25) is 5.82 Å². The van der Waals surface area contributed by atoms with E-state index in [1.54, 1.807) is 5.38 Å². The predicted octanol–water partition coefficient (Wildman–Crippen LogP) is 2.32. The summed E-state index contributed by atoms with van der Waals surface area (Å²) in [4.78, 5) is 32.6. The Labute approximate surface area is 217 Å². The lowest BCUT2D eigenvalue weighted by atomic mass is 10.1. The normalized spacial score (nSPS) is 18.7. The Morgan fingerprint density at radius 1 is 1.38 bits per heavy atom. The molecule has 1 aliphatic rings. The zero-order valence-electron chi connectivity index (χ0n) is 20.5. The van der Waals surface area contributed by atoms with Gasteiger partial charge in [-0.15, -0.1) is 11.3 Å². The minimum Gasteiger partial charge on any atom is -0.494 e. The lowest BCUT2D eigenvalue weighted by molar-refractivity contribution is 0.0883. The largest absolute Gasteiger partial charge is 0.494 e. The number of amides is 1. The molecule has 3 aromatic rings. The summed E-state index contributed by atoms with van der Waals surface area (Å²) in [7, 11) is -1.93. The Bertz CT molecular complexity index is 1460. The van der Waals surface area contributed by atoms with Crippen LogP contribution in [0.4, 0.5) is 4.39 Å². The number of ether oxygens (including phenoxy) is 2. The second-order valence-electron chi connectivity index (χ2n) is 9.26. The number of nitrogens with two attached hydrogens (primary N) is 1. The van der Waals surface area contributed by atoms with E-state index in [4.69, 9.17) is 15.2 Å². The minimum absolute atomic E-state index is 0.0678. The summed E-state index contributed by atoms with van der Waals surface area (Å²) >= 11 is 1.24. The maximum atomic E-state index is 13.6. The number of thiophene rings is 1. The maximum absolute atomic E-state index is 13.6. The summed E-state index contributed by atoms with van der Waals surface area (Å²) in [6.07, 6.45) is 3.42. The van der Waals surface area contributed by atoms with Crippen LogP contribution in [0.3, 0.4) is 0 Å². The van der Waals surface area contributed by atoms with E-state index in [0.29, 0.717) is 34.4 Å². The number of aromatic nitrogens is 2. The molecule has 3 atom stereocenters. The second-order valence-corrected chi connectivity index (χ2v) is 12.3. The number of nitrogens with one attached hydrogen (secondary N) is 2. The van der Waals surface area contributed by atoms with Gasteiger partial charge < -0.3 is 25.5 Å². The van der Waals surface area contributed by atoms with Gasteiger partial charge in [0.1, 0.15) is 10.2 Å². The lowest BCUT2D eigenvalue weighted by Crippen LogP contribution is -2.36. The fourth-order valence-electron chi connectivity index (χ4n) is 4.55. The average Bonchev–Trinajstić information content (AvgIpc) is 3.50. The summed E-state index contributed by atoms with van der Waals surface area (Å²) in [5.74, 6) is -1.01. The van der Waals surface area contributed by atoms with E-state index in [1.165, 1.54) is 36.6 Å². The Morgan fingerprint density at radius 3 is 2.89 bits per heavy atom. The average molecular weight is 553 g/mol. The first kappa shape index (κ1) is 27.2. The van der Waals surface area contributed by atoms with Gasteiger partial charge in [0.05, 0.1) is 19.1 Å². The number of hydrogen-bond acceptors (Lipinski definition) is 9. The summed E-state index contributed by atoms with van der Waals surface area (Å²) in [5, 5.41) is 3.94.